The van der Waals surface area contributed by atoms with Crippen LogP contribution in [-0.4, -0.2) is 74.9 Å². The second-order valence-electron chi connectivity index (χ2n) is 9.20. The smallest absolute Gasteiger partial charge is 0.410 e. The fourth-order valence-electron chi connectivity index (χ4n) is 3.71. The van der Waals surface area contributed by atoms with Gasteiger partial charge in [-0.25, -0.2) is 9.78 Å². The van der Waals surface area contributed by atoms with Crippen molar-refractivity contribution in [3.63, 3.8) is 0 Å². The first-order valence-corrected chi connectivity index (χ1v) is 11.6. The summed E-state index contributed by atoms with van der Waals surface area (Å²) in [5, 5.41) is 0.523. The molecule has 166 valence electrons. The van der Waals surface area contributed by atoms with Gasteiger partial charge in [0.05, 0.1) is 12.6 Å². The van der Waals surface area contributed by atoms with Crippen molar-refractivity contribution in [3.8, 4) is 5.88 Å². The minimum absolute atomic E-state index is 0.0764. The Morgan fingerprint density at radius 1 is 1.37 bits per heavy atom. The normalized spacial score (nSPS) is 21.2. The molecule has 0 aromatic carbocycles. The molecule has 2 amide bonds. The van der Waals surface area contributed by atoms with Gasteiger partial charge in [-0.3, -0.25) is 4.79 Å². The summed E-state index contributed by atoms with van der Waals surface area (Å²) in [4.78, 5) is 38.0. The van der Waals surface area contributed by atoms with Crippen molar-refractivity contribution in [3.05, 3.63) is 10.7 Å². The summed E-state index contributed by atoms with van der Waals surface area (Å²) in [5.74, 6) is -0.0865. The number of carbonyl (C=O) groups excluding carboxylic acids is 2. The van der Waals surface area contributed by atoms with Gasteiger partial charge < -0.3 is 19.3 Å². The van der Waals surface area contributed by atoms with Gasteiger partial charge in [-0.2, -0.15) is 4.98 Å². The predicted octanol–water partition coefficient (Wildman–Crippen LogP) is 3.86. The van der Waals surface area contributed by atoms with Crippen molar-refractivity contribution in [2.24, 2.45) is 0 Å². The van der Waals surface area contributed by atoms with Crippen molar-refractivity contribution in [1.82, 2.24) is 19.8 Å². The Morgan fingerprint density at radius 2 is 2.07 bits per heavy atom. The molecule has 2 aliphatic heterocycles. The number of ether oxygens (including phenoxy) is 2. The Labute approximate surface area is 186 Å². The molecule has 0 N–H and O–H groups in total. The van der Waals surface area contributed by atoms with Gasteiger partial charge in [-0.1, -0.05) is 23.4 Å². The van der Waals surface area contributed by atoms with Crippen LogP contribution < -0.4 is 4.74 Å². The number of hydrogen-bond donors (Lipinski definition) is 0. The lowest BCUT2D eigenvalue weighted by molar-refractivity contribution is 0.0158. The molecule has 30 heavy (non-hydrogen) atoms. The van der Waals surface area contributed by atoms with Crippen LogP contribution in [0.4, 0.5) is 4.79 Å². The fraction of sp³-hybridized carbons (Fsp3) is 0.700. The SMILES string of the molecule is CSc1nc(Cl)c2c(n1)OC(C)(C)CN(C[C@@H]1CCCN1C(=O)OC(C)(C)C)C2=O. The molecule has 0 saturated carbocycles. The molecule has 0 bridgehead atoms. The second kappa shape index (κ2) is 8.42. The Balaban J connectivity index is 1.87. The molecule has 1 saturated heterocycles. The van der Waals surface area contributed by atoms with Crippen LogP contribution in [0.3, 0.4) is 0 Å². The van der Waals surface area contributed by atoms with E-state index in [9.17, 15) is 9.59 Å². The van der Waals surface area contributed by atoms with Gasteiger partial charge in [-0.05, 0) is 53.7 Å². The summed E-state index contributed by atoms with van der Waals surface area (Å²) in [6, 6.07) is -0.133. The third-order valence-corrected chi connectivity index (χ3v) is 5.70. The molecular weight excluding hydrogens is 428 g/mol. The van der Waals surface area contributed by atoms with Gasteiger partial charge in [0.15, 0.2) is 5.16 Å². The van der Waals surface area contributed by atoms with Crippen LogP contribution in [-0.2, 0) is 4.74 Å². The summed E-state index contributed by atoms with van der Waals surface area (Å²) in [5.41, 5.74) is -1.08. The molecule has 2 aliphatic rings. The lowest BCUT2D eigenvalue weighted by atomic mass is 10.1. The van der Waals surface area contributed by atoms with Gasteiger partial charge >= 0.3 is 6.09 Å². The lowest BCUT2D eigenvalue weighted by Gasteiger charge is -2.34. The monoisotopic (exact) mass is 456 g/mol. The second-order valence-corrected chi connectivity index (χ2v) is 10.3. The van der Waals surface area contributed by atoms with E-state index in [0.717, 1.165) is 12.8 Å². The lowest BCUT2D eigenvalue weighted by Crippen LogP contribution is -2.50. The van der Waals surface area contributed by atoms with Crippen LogP contribution in [0.2, 0.25) is 5.15 Å². The maximum absolute atomic E-state index is 13.4. The summed E-state index contributed by atoms with van der Waals surface area (Å²) in [6.07, 6.45) is 3.14. The molecule has 0 spiro atoms. The highest BCUT2D eigenvalue weighted by Crippen LogP contribution is 2.34. The number of fused-ring (bicyclic) bond motifs is 1. The molecule has 1 atom stereocenters. The predicted molar refractivity (Wildman–Crippen MR) is 115 cm³/mol. The molecule has 3 rings (SSSR count). The Kier molecular flexibility index (Phi) is 6.43. The number of thioether (sulfide) groups is 1. The van der Waals surface area contributed by atoms with Crippen molar-refractivity contribution in [2.45, 2.75) is 69.9 Å². The molecule has 0 radical (unpaired) electrons. The average molecular weight is 457 g/mol. The van der Waals surface area contributed by atoms with E-state index in [1.807, 2.05) is 40.9 Å². The zero-order valence-corrected chi connectivity index (χ0v) is 19.9. The minimum Gasteiger partial charge on any atom is -0.469 e. The number of rotatable bonds is 3. The maximum atomic E-state index is 13.4. The molecular formula is C20H29ClN4O4S. The summed E-state index contributed by atoms with van der Waals surface area (Å²) < 4.78 is 11.6. The molecule has 10 heteroatoms. The summed E-state index contributed by atoms with van der Waals surface area (Å²) >= 11 is 7.67. The number of hydrogen-bond acceptors (Lipinski definition) is 7. The third kappa shape index (κ3) is 5.11. The fourth-order valence-corrected chi connectivity index (χ4v) is 4.36. The number of amides is 2. The molecule has 0 unspecified atom stereocenters. The molecule has 1 fully saturated rings. The molecule has 1 aromatic heterocycles. The van der Waals surface area contributed by atoms with Gasteiger partial charge in [0, 0.05) is 13.1 Å². The van der Waals surface area contributed by atoms with Crippen LogP contribution in [0.1, 0.15) is 57.8 Å². The number of halogens is 1. The van der Waals surface area contributed by atoms with Crippen LogP contribution in [0, 0.1) is 0 Å². The molecule has 8 nitrogen and oxygen atoms in total. The van der Waals surface area contributed by atoms with E-state index < -0.39 is 11.2 Å². The zero-order chi connectivity index (χ0) is 22.3. The third-order valence-electron chi connectivity index (χ3n) is 4.88. The van der Waals surface area contributed by atoms with Gasteiger partial charge in [0.1, 0.15) is 21.9 Å². The largest absolute Gasteiger partial charge is 0.469 e. The van der Waals surface area contributed by atoms with E-state index in [1.165, 1.54) is 11.8 Å². The van der Waals surface area contributed by atoms with Crippen molar-refractivity contribution < 1.29 is 19.1 Å². The van der Waals surface area contributed by atoms with E-state index in [-0.39, 0.29) is 34.6 Å². The minimum atomic E-state index is -0.677. The van der Waals surface area contributed by atoms with E-state index in [1.54, 1.807) is 9.80 Å². The highest BCUT2D eigenvalue weighted by atomic mass is 35.5. The highest BCUT2D eigenvalue weighted by molar-refractivity contribution is 7.98. The first kappa shape index (κ1) is 22.9. The standard InChI is InChI=1S/C20H29ClN4O4S/c1-19(2,3)29-18(27)25-9-7-8-12(25)10-24-11-20(4,5)28-15-13(16(24)26)14(21)22-17(23-15)30-6/h12H,7-11H2,1-6H3/t12-/m0/s1. The first-order chi connectivity index (χ1) is 13.9. The van der Waals surface area contributed by atoms with E-state index in [0.29, 0.717) is 24.8 Å². The molecule has 1 aromatic rings. The summed E-state index contributed by atoms with van der Waals surface area (Å²) in [7, 11) is 0. The van der Waals surface area contributed by atoms with Crippen LogP contribution in [0.15, 0.2) is 5.16 Å². The average Bonchev–Trinajstić information content (AvgIpc) is 3.03. The summed E-state index contributed by atoms with van der Waals surface area (Å²) in [6.45, 7) is 10.6. The van der Waals surface area contributed by atoms with Gasteiger partial charge in [0.2, 0.25) is 5.88 Å². The molecule has 0 aliphatic carbocycles. The van der Waals surface area contributed by atoms with Crippen molar-refractivity contribution in [2.75, 3.05) is 25.9 Å². The van der Waals surface area contributed by atoms with Crippen LogP contribution >= 0.6 is 23.4 Å². The van der Waals surface area contributed by atoms with Crippen molar-refractivity contribution in [1.29, 1.82) is 0 Å². The number of nitrogens with zero attached hydrogens (tertiary/aromatic N) is 4. The Hall–Kier alpha value is -1.74. The van der Waals surface area contributed by atoms with Gasteiger partial charge in [-0.15, -0.1) is 0 Å². The topological polar surface area (TPSA) is 84.9 Å². The Morgan fingerprint density at radius 3 is 2.70 bits per heavy atom. The van der Waals surface area contributed by atoms with Crippen molar-refractivity contribution >= 4 is 35.4 Å². The number of aromatic nitrogens is 2. The highest BCUT2D eigenvalue weighted by Gasteiger charge is 2.40. The molecule has 3 heterocycles. The maximum Gasteiger partial charge on any atom is 0.410 e. The van der Waals surface area contributed by atoms with Crippen LogP contribution in [0.25, 0.3) is 0 Å². The van der Waals surface area contributed by atoms with Gasteiger partial charge in [0.25, 0.3) is 5.91 Å². The first-order valence-electron chi connectivity index (χ1n) is 9.99. The Bertz CT molecular complexity index is 843. The van der Waals surface area contributed by atoms with E-state index in [4.69, 9.17) is 21.1 Å². The zero-order valence-electron chi connectivity index (χ0n) is 18.3. The van der Waals surface area contributed by atoms with E-state index in [2.05, 4.69) is 9.97 Å². The number of carbonyl (C=O) groups is 2. The number of likely N-dealkylation sites (tertiary alicyclic amines) is 1. The van der Waals surface area contributed by atoms with E-state index >= 15 is 0 Å². The quantitative estimate of drug-likeness (QED) is 0.387. The van der Waals surface area contributed by atoms with Crippen LogP contribution in [0.5, 0.6) is 5.88 Å².